The van der Waals surface area contributed by atoms with Crippen LogP contribution in [0.4, 0.5) is 4.39 Å². The smallest absolute Gasteiger partial charge is 0.123 e. The van der Waals surface area contributed by atoms with Gasteiger partial charge in [-0.2, -0.15) is 0 Å². The maximum absolute atomic E-state index is 12.6. The zero-order valence-corrected chi connectivity index (χ0v) is 8.21. The first-order valence-corrected chi connectivity index (χ1v) is 4.39. The van der Waals surface area contributed by atoms with Gasteiger partial charge in [0.1, 0.15) is 5.82 Å². The van der Waals surface area contributed by atoms with E-state index < -0.39 is 5.60 Å². The maximum atomic E-state index is 12.6. The van der Waals surface area contributed by atoms with Crippen LogP contribution in [0, 0.1) is 5.82 Å². The molecule has 0 saturated carbocycles. The highest BCUT2D eigenvalue weighted by Gasteiger charge is 2.23. The molecule has 2 heteroatoms. The Hall–Kier alpha value is -0.890. The van der Waals surface area contributed by atoms with Crippen molar-refractivity contribution >= 4 is 0 Å². The summed E-state index contributed by atoms with van der Waals surface area (Å²) >= 11 is 0. The van der Waals surface area contributed by atoms with Gasteiger partial charge in [-0.25, -0.2) is 4.39 Å². The molecule has 0 bridgehead atoms. The predicted molar refractivity (Wildman–Crippen MR) is 51.1 cm³/mol. The highest BCUT2D eigenvalue weighted by atomic mass is 19.1. The van der Waals surface area contributed by atoms with Crippen molar-refractivity contribution in [3.05, 3.63) is 35.6 Å². The fourth-order valence-corrected chi connectivity index (χ4v) is 1.16. The quantitative estimate of drug-likeness (QED) is 0.745. The zero-order valence-electron chi connectivity index (χ0n) is 8.21. The fourth-order valence-electron chi connectivity index (χ4n) is 1.16. The van der Waals surface area contributed by atoms with E-state index in [1.54, 1.807) is 26.0 Å². The van der Waals surface area contributed by atoms with E-state index in [1.807, 2.05) is 6.92 Å². The molecule has 0 radical (unpaired) electrons. The van der Waals surface area contributed by atoms with Gasteiger partial charge in [0.25, 0.3) is 0 Å². The minimum atomic E-state index is -0.766. The lowest BCUT2D eigenvalue weighted by Crippen LogP contribution is -2.26. The second-order valence-corrected chi connectivity index (χ2v) is 3.93. The molecule has 13 heavy (non-hydrogen) atoms. The molecule has 1 aromatic carbocycles. The zero-order chi connectivity index (χ0) is 10.1. The summed E-state index contributed by atoms with van der Waals surface area (Å²) < 4.78 is 12.6. The maximum Gasteiger partial charge on any atom is 0.123 e. The van der Waals surface area contributed by atoms with Gasteiger partial charge in [0.05, 0.1) is 5.60 Å². The molecule has 1 aromatic rings. The molecule has 0 spiro atoms. The van der Waals surface area contributed by atoms with Gasteiger partial charge in [-0.3, -0.25) is 0 Å². The van der Waals surface area contributed by atoms with Crippen molar-refractivity contribution in [2.75, 3.05) is 0 Å². The molecule has 0 heterocycles. The van der Waals surface area contributed by atoms with Crippen LogP contribution in [-0.4, -0.2) is 10.7 Å². The van der Waals surface area contributed by atoms with Crippen molar-refractivity contribution in [2.24, 2.45) is 0 Å². The second kappa shape index (κ2) is 3.46. The largest absolute Gasteiger partial charge is 0.390 e. The molecule has 0 aliphatic rings. The predicted octanol–water partition coefficient (Wildman–Crippen LogP) is 2.70. The van der Waals surface area contributed by atoms with Crippen LogP contribution in [0.15, 0.2) is 24.3 Å². The van der Waals surface area contributed by atoms with Gasteiger partial charge in [-0.1, -0.05) is 19.1 Å². The minimum absolute atomic E-state index is 0.00750. The third kappa shape index (κ3) is 2.52. The Morgan fingerprint density at radius 2 is 1.69 bits per heavy atom. The topological polar surface area (TPSA) is 20.2 Å². The molecule has 0 amide bonds. The van der Waals surface area contributed by atoms with Crippen LogP contribution in [0.5, 0.6) is 0 Å². The van der Waals surface area contributed by atoms with Crippen molar-refractivity contribution < 1.29 is 9.50 Å². The van der Waals surface area contributed by atoms with Crippen LogP contribution in [0.3, 0.4) is 0 Å². The molecule has 0 aliphatic heterocycles. The second-order valence-electron chi connectivity index (χ2n) is 3.93. The summed E-state index contributed by atoms with van der Waals surface area (Å²) in [6.45, 7) is 5.43. The van der Waals surface area contributed by atoms with E-state index >= 15 is 0 Å². The lowest BCUT2D eigenvalue weighted by Gasteiger charge is -2.26. The molecule has 1 nitrogen and oxygen atoms in total. The van der Waals surface area contributed by atoms with Gasteiger partial charge in [0, 0.05) is 5.92 Å². The summed E-state index contributed by atoms with van der Waals surface area (Å²) in [5.41, 5.74) is 0.187. The third-order valence-corrected chi connectivity index (χ3v) is 2.43. The lowest BCUT2D eigenvalue weighted by molar-refractivity contribution is 0.0558. The monoisotopic (exact) mass is 182 g/mol. The molecular formula is C11H15FO. The van der Waals surface area contributed by atoms with E-state index in [-0.39, 0.29) is 11.7 Å². The van der Waals surface area contributed by atoms with Gasteiger partial charge in [0.2, 0.25) is 0 Å². The Kier molecular flexibility index (Phi) is 2.71. The van der Waals surface area contributed by atoms with Crippen LogP contribution in [0.2, 0.25) is 0 Å². The highest BCUT2D eigenvalue weighted by Crippen LogP contribution is 2.26. The summed E-state index contributed by atoms with van der Waals surface area (Å²) in [6.07, 6.45) is 0. The van der Waals surface area contributed by atoms with Gasteiger partial charge < -0.3 is 5.11 Å². The van der Waals surface area contributed by atoms with Gasteiger partial charge >= 0.3 is 0 Å². The molecule has 0 unspecified atom stereocenters. The summed E-state index contributed by atoms with van der Waals surface area (Å²) in [7, 11) is 0. The number of benzene rings is 1. The Labute approximate surface area is 78.2 Å². The van der Waals surface area contributed by atoms with Gasteiger partial charge in [-0.05, 0) is 31.5 Å². The molecular weight excluding hydrogens is 167 g/mol. The van der Waals surface area contributed by atoms with Crippen LogP contribution in [-0.2, 0) is 0 Å². The van der Waals surface area contributed by atoms with Crippen molar-refractivity contribution in [2.45, 2.75) is 32.3 Å². The molecule has 1 atom stereocenters. The first kappa shape index (κ1) is 10.2. The number of rotatable bonds is 2. The van der Waals surface area contributed by atoms with E-state index in [9.17, 15) is 9.50 Å². The molecule has 1 N–H and O–H groups in total. The molecule has 0 fully saturated rings. The van der Waals surface area contributed by atoms with Crippen LogP contribution in [0.1, 0.15) is 32.3 Å². The Balaban J connectivity index is 2.90. The molecule has 0 aromatic heterocycles. The minimum Gasteiger partial charge on any atom is -0.390 e. The molecule has 72 valence electrons. The van der Waals surface area contributed by atoms with Gasteiger partial charge in [-0.15, -0.1) is 0 Å². The summed E-state index contributed by atoms with van der Waals surface area (Å²) in [4.78, 5) is 0. The van der Waals surface area contributed by atoms with E-state index in [2.05, 4.69) is 0 Å². The van der Waals surface area contributed by atoms with E-state index in [0.717, 1.165) is 5.56 Å². The average molecular weight is 182 g/mol. The Morgan fingerprint density at radius 3 is 2.08 bits per heavy atom. The number of hydrogen-bond acceptors (Lipinski definition) is 1. The van der Waals surface area contributed by atoms with Crippen molar-refractivity contribution in [1.82, 2.24) is 0 Å². The first-order valence-electron chi connectivity index (χ1n) is 4.39. The summed E-state index contributed by atoms with van der Waals surface area (Å²) in [5.74, 6) is -0.236. The van der Waals surface area contributed by atoms with E-state index in [4.69, 9.17) is 0 Å². The SMILES string of the molecule is C[C@@H](c1ccc(F)cc1)C(C)(C)O. The average Bonchev–Trinajstić information content (AvgIpc) is 2.03. The first-order chi connectivity index (χ1) is 5.91. The fraction of sp³-hybridized carbons (Fsp3) is 0.455. The van der Waals surface area contributed by atoms with E-state index in [1.165, 1.54) is 12.1 Å². The van der Waals surface area contributed by atoms with Gasteiger partial charge in [0.15, 0.2) is 0 Å². The van der Waals surface area contributed by atoms with Crippen molar-refractivity contribution in [3.8, 4) is 0 Å². The molecule has 1 rings (SSSR count). The molecule has 0 aliphatic carbocycles. The highest BCUT2D eigenvalue weighted by molar-refractivity contribution is 5.22. The van der Waals surface area contributed by atoms with E-state index in [0.29, 0.717) is 0 Å². The lowest BCUT2D eigenvalue weighted by atomic mass is 9.86. The summed E-state index contributed by atoms with van der Waals surface area (Å²) in [5, 5.41) is 9.72. The number of halogens is 1. The van der Waals surface area contributed by atoms with Crippen molar-refractivity contribution in [3.63, 3.8) is 0 Å². The normalized spacial score (nSPS) is 14.2. The third-order valence-electron chi connectivity index (χ3n) is 2.43. The summed E-state index contributed by atoms with van der Waals surface area (Å²) in [6, 6.07) is 6.24. The Morgan fingerprint density at radius 1 is 1.23 bits per heavy atom. The Bertz CT molecular complexity index is 271. The van der Waals surface area contributed by atoms with Crippen molar-refractivity contribution in [1.29, 1.82) is 0 Å². The standard InChI is InChI=1S/C11H15FO/c1-8(11(2,3)13)9-4-6-10(12)7-5-9/h4-8,13H,1-3H3/t8-/m0/s1. The van der Waals surface area contributed by atoms with Crippen LogP contribution in [0.25, 0.3) is 0 Å². The van der Waals surface area contributed by atoms with Crippen LogP contribution < -0.4 is 0 Å². The number of aliphatic hydroxyl groups is 1. The number of hydrogen-bond donors (Lipinski definition) is 1. The van der Waals surface area contributed by atoms with Crippen LogP contribution >= 0.6 is 0 Å². The molecule has 0 saturated heterocycles.